The molecular weight excluding hydrogens is 386 g/mol. The number of aryl methyl sites for hydroxylation is 2. The van der Waals surface area contributed by atoms with Gasteiger partial charge in [0.1, 0.15) is 11.6 Å². The van der Waals surface area contributed by atoms with Crippen LogP contribution in [-0.4, -0.2) is 57.9 Å². The van der Waals surface area contributed by atoms with Crippen molar-refractivity contribution in [1.29, 1.82) is 0 Å². The highest BCUT2D eigenvalue weighted by molar-refractivity contribution is 5.89. The SMILES string of the molecule is Cc1nc(Nc2ccccc2C)c2cnn(-c3ccc(N4CCN(C)CC4)cc3)c2n1. The van der Waals surface area contributed by atoms with E-state index in [1.807, 2.05) is 29.9 Å². The monoisotopic (exact) mass is 413 g/mol. The molecule has 5 rings (SSSR count). The van der Waals surface area contributed by atoms with Crippen LogP contribution in [0.25, 0.3) is 16.7 Å². The summed E-state index contributed by atoms with van der Waals surface area (Å²) in [6, 6.07) is 16.8. The van der Waals surface area contributed by atoms with Crippen LogP contribution in [-0.2, 0) is 0 Å². The molecule has 0 amide bonds. The van der Waals surface area contributed by atoms with Crippen molar-refractivity contribution < 1.29 is 0 Å². The van der Waals surface area contributed by atoms with Gasteiger partial charge in [-0.15, -0.1) is 0 Å². The molecule has 2 aromatic heterocycles. The summed E-state index contributed by atoms with van der Waals surface area (Å²) in [4.78, 5) is 14.1. The average molecular weight is 414 g/mol. The second-order valence-corrected chi connectivity index (χ2v) is 8.16. The number of benzene rings is 2. The Hall–Kier alpha value is -3.45. The van der Waals surface area contributed by atoms with Crippen LogP contribution in [0.5, 0.6) is 0 Å². The molecule has 7 heteroatoms. The third-order valence-corrected chi connectivity index (χ3v) is 5.90. The van der Waals surface area contributed by atoms with Gasteiger partial charge in [-0.05, 0) is 56.8 Å². The van der Waals surface area contributed by atoms with E-state index in [-0.39, 0.29) is 0 Å². The van der Waals surface area contributed by atoms with Crippen molar-refractivity contribution in [3.63, 3.8) is 0 Å². The lowest BCUT2D eigenvalue weighted by Gasteiger charge is -2.34. The van der Waals surface area contributed by atoms with Gasteiger partial charge in [-0.3, -0.25) is 0 Å². The average Bonchev–Trinajstić information content (AvgIpc) is 3.20. The molecule has 1 saturated heterocycles. The molecule has 1 aliphatic heterocycles. The van der Waals surface area contributed by atoms with Gasteiger partial charge in [0.15, 0.2) is 5.65 Å². The molecule has 4 aromatic rings. The van der Waals surface area contributed by atoms with Gasteiger partial charge in [-0.2, -0.15) is 5.10 Å². The van der Waals surface area contributed by atoms with E-state index in [0.717, 1.165) is 54.4 Å². The van der Waals surface area contributed by atoms with Gasteiger partial charge < -0.3 is 15.1 Å². The number of anilines is 3. The number of rotatable bonds is 4. The zero-order valence-corrected chi connectivity index (χ0v) is 18.2. The van der Waals surface area contributed by atoms with Gasteiger partial charge in [0.2, 0.25) is 0 Å². The zero-order chi connectivity index (χ0) is 21.4. The third-order valence-electron chi connectivity index (χ3n) is 5.90. The molecule has 3 heterocycles. The highest BCUT2D eigenvalue weighted by Gasteiger charge is 2.16. The number of nitrogens with one attached hydrogen (secondary N) is 1. The number of para-hydroxylation sites is 1. The van der Waals surface area contributed by atoms with Crippen LogP contribution >= 0.6 is 0 Å². The molecule has 1 aliphatic rings. The van der Waals surface area contributed by atoms with Crippen molar-refractivity contribution in [3.05, 3.63) is 66.1 Å². The molecule has 1 fully saturated rings. The summed E-state index contributed by atoms with van der Waals surface area (Å²) in [5.41, 5.74) is 5.25. The summed E-state index contributed by atoms with van der Waals surface area (Å²) in [5.74, 6) is 1.48. The molecule has 0 radical (unpaired) electrons. The van der Waals surface area contributed by atoms with Gasteiger partial charge >= 0.3 is 0 Å². The first-order valence-corrected chi connectivity index (χ1v) is 10.7. The molecule has 0 unspecified atom stereocenters. The molecule has 0 aliphatic carbocycles. The number of hydrogen-bond donors (Lipinski definition) is 1. The number of piperazine rings is 1. The Morgan fingerprint density at radius 2 is 1.55 bits per heavy atom. The van der Waals surface area contributed by atoms with Crippen molar-refractivity contribution in [2.75, 3.05) is 43.4 Å². The lowest BCUT2D eigenvalue weighted by molar-refractivity contribution is 0.313. The molecule has 0 atom stereocenters. The van der Waals surface area contributed by atoms with Gasteiger partial charge in [0, 0.05) is 37.6 Å². The Morgan fingerprint density at radius 1 is 0.839 bits per heavy atom. The first-order chi connectivity index (χ1) is 15.1. The van der Waals surface area contributed by atoms with Crippen molar-refractivity contribution >= 4 is 28.2 Å². The van der Waals surface area contributed by atoms with E-state index in [1.165, 1.54) is 11.3 Å². The van der Waals surface area contributed by atoms with E-state index in [0.29, 0.717) is 5.82 Å². The Bertz CT molecular complexity index is 1200. The second-order valence-electron chi connectivity index (χ2n) is 8.16. The summed E-state index contributed by atoms with van der Waals surface area (Å²) in [6.45, 7) is 8.30. The highest BCUT2D eigenvalue weighted by atomic mass is 15.3. The largest absolute Gasteiger partial charge is 0.369 e. The van der Waals surface area contributed by atoms with Crippen LogP contribution in [0.4, 0.5) is 17.2 Å². The standard InChI is InChI=1S/C24H27N7/c1-17-6-4-5-7-22(17)28-23-21-16-25-31(24(21)27-18(2)26-23)20-10-8-19(9-11-20)30-14-12-29(3)13-15-30/h4-11,16H,12-15H2,1-3H3,(H,26,27,28). The van der Waals surface area contributed by atoms with E-state index in [2.05, 4.69) is 75.6 Å². The zero-order valence-electron chi connectivity index (χ0n) is 18.2. The van der Waals surface area contributed by atoms with Gasteiger partial charge in [-0.1, -0.05) is 18.2 Å². The molecule has 0 spiro atoms. The number of likely N-dealkylation sites (N-methyl/N-ethyl adjacent to an activating group) is 1. The van der Waals surface area contributed by atoms with Crippen LogP contribution in [0.1, 0.15) is 11.4 Å². The Kier molecular flexibility index (Phi) is 5.03. The molecule has 0 bridgehead atoms. The number of aromatic nitrogens is 4. The van der Waals surface area contributed by atoms with Crippen molar-refractivity contribution in [2.24, 2.45) is 0 Å². The quantitative estimate of drug-likeness (QED) is 0.547. The molecule has 31 heavy (non-hydrogen) atoms. The lowest BCUT2D eigenvalue weighted by atomic mass is 10.2. The highest BCUT2D eigenvalue weighted by Crippen LogP contribution is 2.27. The van der Waals surface area contributed by atoms with Crippen LogP contribution in [0.15, 0.2) is 54.7 Å². The van der Waals surface area contributed by atoms with Crippen LogP contribution < -0.4 is 10.2 Å². The first-order valence-electron chi connectivity index (χ1n) is 10.7. The van der Waals surface area contributed by atoms with Crippen molar-refractivity contribution in [3.8, 4) is 5.69 Å². The summed E-state index contributed by atoms with van der Waals surface area (Å²) in [7, 11) is 2.18. The van der Waals surface area contributed by atoms with Crippen molar-refractivity contribution in [1.82, 2.24) is 24.6 Å². The van der Waals surface area contributed by atoms with Crippen LogP contribution in [0, 0.1) is 13.8 Å². The minimum absolute atomic E-state index is 0.708. The second kappa shape index (κ2) is 8.00. The van der Waals surface area contributed by atoms with Gasteiger partial charge in [-0.25, -0.2) is 14.6 Å². The summed E-state index contributed by atoms with van der Waals surface area (Å²) in [6.07, 6.45) is 1.84. The molecule has 2 aromatic carbocycles. The molecular formula is C24H27N7. The lowest BCUT2D eigenvalue weighted by Crippen LogP contribution is -2.44. The smallest absolute Gasteiger partial charge is 0.168 e. The molecule has 7 nitrogen and oxygen atoms in total. The minimum Gasteiger partial charge on any atom is -0.369 e. The van der Waals surface area contributed by atoms with Crippen LogP contribution in [0.2, 0.25) is 0 Å². The first kappa shape index (κ1) is 19.5. The summed E-state index contributed by atoms with van der Waals surface area (Å²) in [5, 5.41) is 9.00. The number of hydrogen-bond acceptors (Lipinski definition) is 6. The van der Waals surface area contributed by atoms with Crippen LogP contribution in [0.3, 0.4) is 0 Å². The minimum atomic E-state index is 0.708. The summed E-state index contributed by atoms with van der Waals surface area (Å²) >= 11 is 0. The Labute approximate surface area is 182 Å². The molecule has 0 saturated carbocycles. The maximum absolute atomic E-state index is 4.69. The predicted molar refractivity (Wildman–Crippen MR) is 126 cm³/mol. The predicted octanol–water partition coefficient (Wildman–Crippen LogP) is 3.93. The fourth-order valence-corrected chi connectivity index (χ4v) is 4.01. The van der Waals surface area contributed by atoms with Gasteiger partial charge in [0.05, 0.1) is 17.3 Å². The van der Waals surface area contributed by atoms with Crippen molar-refractivity contribution in [2.45, 2.75) is 13.8 Å². The van der Waals surface area contributed by atoms with Gasteiger partial charge in [0.25, 0.3) is 0 Å². The van der Waals surface area contributed by atoms with E-state index in [4.69, 9.17) is 4.98 Å². The topological polar surface area (TPSA) is 62.1 Å². The normalized spacial score (nSPS) is 14.9. The Balaban J connectivity index is 1.47. The maximum Gasteiger partial charge on any atom is 0.168 e. The maximum atomic E-state index is 4.69. The fraction of sp³-hybridized carbons (Fsp3) is 0.292. The third kappa shape index (κ3) is 3.84. The number of nitrogens with zero attached hydrogens (tertiary/aromatic N) is 6. The van der Waals surface area contributed by atoms with E-state index < -0.39 is 0 Å². The Morgan fingerprint density at radius 3 is 2.29 bits per heavy atom. The van der Waals surface area contributed by atoms with E-state index in [9.17, 15) is 0 Å². The van der Waals surface area contributed by atoms with E-state index in [1.54, 1.807) is 0 Å². The summed E-state index contributed by atoms with van der Waals surface area (Å²) < 4.78 is 1.89. The van der Waals surface area contributed by atoms with E-state index >= 15 is 0 Å². The molecule has 1 N–H and O–H groups in total. The number of fused-ring (bicyclic) bond motifs is 1. The molecule has 158 valence electrons. The fourth-order valence-electron chi connectivity index (χ4n) is 4.01.